The van der Waals surface area contributed by atoms with Gasteiger partial charge in [0.1, 0.15) is 0 Å². The first-order valence-corrected chi connectivity index (χ1v) is 8.04. The summed E-state index contributed by atoms with van der Waals surface area (Å²) in [5.74, 6) is 0. The lowest BCUT2D eigenvalue weighted by Crippen LogP contribution is -2.32. The van der Waals surface area contributed by atoms with E-state index in [1.54, 1.807) is 0 Å². The highest BCUT2D eigenvalue weighted by Crippen LogP contribution is 2.25. The second-order valence-electron chi connectivity index (χ2n) is 6.06. The average Bonchev–Trinajstić information content (AvgIpc) is 2.50. The maximum absolute atomic E-state index is 5.97. The molecule has 0 saturated heterocycles. The molecule has 4 N–H and O–H groups in total. The lowest BCUT2D eigenvalue weighted by molar-refractivity contribution is 0.411. The van der Waals surface area contributed by atoms with E-state index in [2.05, 4.69) is 54.0 Å². The largest absolute Gasteiger partial charge is 0.385 e. The number of benzene rings is 2. The van der Waals surface area contributed by atoms with E-state index in [1.807, 2.05) is 0 Å². The Hall–Kier alpha value is -1.74. The van der Waals surface area contributed by atoms with E-state index in [9.17, 15) is 0 Å². The van der Waals surface area contributed by atoms with Gasteiger partial charge in [0.05, 0.1) is 0 Å². The molecule has 0 amide bonds. The van der Waals surface area contributed by atoms with E-state index in [0.29, 0.717) is 12.1 Å². The van der Waals surface area contributed by atoms with Gasteiger partial charge in [-0.15, -0.1) is 0 Å². The molecule has 1 saturated carbocycles. The first kappa shape index (κ1) is 14.2. The molecule has 0 aromatic heterocycles. The minimum absolute atomic E-state index is 0.407. The third kappa shape index (κ3) is 3.48. The van der Waals surface area contributed by atoms with Gasteiger partial charge < -0.3 is 16.4 Å². The number of rotatable bonds is 4. The molecule has 0 aliphatic heterocycles. The fraction of sp³-hybridized carbons (Fsp3) is 0.444. The van der Waals surface area contributed by atoms with Crippen LogP contribution < -0.4 is 16.4 Å². The van der Waals surface area contributed by atoms with Gasteiger partial charge in [0.15, 0.2) is 0 Å². The first-order chi connectivity index (χ1) is 10.2. The molecule has 0 bridgehead atoms. The molecule has 0 unspecified atom stereocenters. The predicted molar refractivity (Wildman–Crippen MR) is 92.0 cm³/mol. The quantitative estimate of drug-likeness (QED) is 0.796. The van der Waals surface area contributed by atoms with Crippen LogP contribution in [0.5, 0.6) is 0 Å². The zero-order valence-corrected chi connectivity index (χ0v) is 12.7. The van der Waals surface area contributed by atoms with Crippen molar-refractivity contribution < 1.29 is 0 Å². The molecule has 1 aliphatic rings. The second kappa shape index (κ2) is 6.35. The molecule has 3 nitrogen and oxygen atoms in total. The Balaban J connectivity index is 1.73. The van der Waals surface area contributed by atoms with Crippen molar-refractivity contribution in [2.75, 3.05) is 17.2 Å². The predicted octanol–water partition coefficient (Wildman–Crippen LogP) is 3.95. The van der Waals surface area contributed by atoms with Crippen LogP contribution in [0.3, 0.4) is 0 Å². The van der Waals surface area contributed by atoms with E-state index < -0.39 is 0 Å². The molecular formula is C18H25N3. The van der Waals surface area contributed by atoms with Crippen LogP contribution in [0.1, 0.15) is 32.6 Å². The lowest BCUT2D eigenvalue weighted by atomic mass is 9.91. The summed E-state index contributed by atoms with van der Waals surface area (Å²) in [7, 11) is 0. The third-order valence-corrected chi connectivity index (χ3v) is 4.36. The van der Waals surface area contributed by atoms with Crippen molar-refractivity contribution in [1.29, 1.82) is 0 Å². The summed E-state index contributed by atoms with van der Waals surface area (Å²) in [6.07, 6.45) is 4.63. The number of hydrogen-bond donors (Lipinski definition) is 3. The molecule has 3 rings (SSSR count). The summed E-state index contributed by atoms with van der Waals surface area (Å²) in [6, 6.07) is 14.2. The van der Waals surface area contributed by atoms with Crippen molar-refractivity contribution in [3.63, 3.8) is 0 Å². The molecule has 2 aromatic carbocycles. The van der Waals surface area contributed by atoms with E-state index in [4.69, 9.17) is 5.73 Å². The van der Waals surface area contributed by atoms with Gasteiger partial charge in [0.2, 0.25) is 0 Å². The fourth-order valence-corrected chi connectivity index (χ4v) is 3.15. The van der Waals surface area contributed by atoms with Crippen molar-refractivity contribution in [3.8, 4) is 0 Å². The van der Waals surface area contributed by atoms with Crippen LogP contribution >= 0.6 is 0 Å². The minimum atomic E-state index is 0.407. The van der Waals surface area contributed by atoms with Crippen LogP contribution in [-0.2, 0) is 0 Å². The van der Waals surface area contributed by atoms with Crippen LogP contribution in [0.15, 0.2) is 36.4 Å². The monoisotopic (exact) mass is 283 g/mol. The maximum Gasteiger partial charge on any atom is 0.0348 e. The zero-order chi connectivity index (χ0) is 14.7. The maximum atomic E-state index is 5.97. The van der Waals surface area contributed by atoms with Crippen LogP contribution in [0.4, 0.5) is 11.4 Å². The number of hydrogen-bond acceptors (Lipinski definition) is 3. The number of anilines is 2. The summed E-state index contributed by atoms with van der Waals surface area (Å²) in [5.41, 5.74) is 8.38. The zero-order valence-electron chi connectivity index (χ0n) is 12.7. The first-order valence-electron chi connectivity index (χ1n) is 8.04. The van der Waals surface area contributed by atoms with Crippen LogP contribution in [0.25, 0.3) is 10.8 Å². The van der Waals surface area contributed by atoms with Crippen molar-refractivity contribution in [2.24, 2.45) is 5.73 Å². The minimum Gasteiger partial charge on any atom is -0.385 e. The molecule has 0 atom stereocenters. The van der Waals surface area contributed by atoms with Gasteiger partial charge in [0, 0.05) is 30.0 Å². The third-order valence-electron chi connectivity index (χ3n) is 4.36. The normalized spacial score (nSPS) is 22.2. The standard InChI is InChI=1S/C18H25N3/c1-2-20-17-7-3-14-12-18(8-4-13(14)11-17)21-16-9-5-15(19)6-10-16/h3-4,7-8,11-12,15-16,20-21H,2,5-6,9-10,19H2,1H3. The Labute approximate surface area is 126 Å². The van der Waals surface area contributed by atoms with Gasteiger partial charge >= 0.3 is 0 Å². The number of nitrogens with two attached hydrogens (primary N) is 1. The van der Waals surface area contributed by atoms with E-state index in [-0.39, 0.29) is 0 Å². The Morgan fingerprint density at radius 2 is 1.57 bits per heavy atom. The van der Waals surface area contributed by atoms with Gasteiger partial charge in [0.25, 0.3) is 0 Å². The molecule has 21 heavy (non-hydrogen) atoms. The summed E-state index contributed by atoms with van der Waals surface area (Å²) >= 11 is 0. The van der Waals surface area contributed by atoms with Crippen LogP contribution in [-0.4, -0.2) is 18.6 Å². The molecule has 1 fully saturated rings. The highest BCUT2D eigenvalue weighted by molar-refractivity contribution is 5.88. The average molecular weight is 283 g/mol. The topological polar surface area (TPSA) is 50.1 Å². The van der Waals surface area contributed by atoms with Crippen molar-refractivity contribution in [3.05, 3.63) is 36.4 Å². The lowest BCUT2D eigenvalue weighted by Gasteiger charge is -2.27. The molecule has 0 heterocycles. The molecule has 3 heteroatoms. The second-order valence-corrected chi connectivity index (χ2v) is 6.06. The van der Waals surface area contributed by atoms with Crippen molar-refractivity contribution in [1.82, 2.24) is 0 Å². The Kier molecular flexibility index (Phi) is 4.30. The van der Waals surface area contributed by atoms with E-state index >= 15 is 0 Å². The molecular weight excluding hydrogens is 258 g/mol. The SMILES string of the molecule is CCNc1ccc2cc(NC3CCC(N)CC3)ccc2c1. The summed E-state index contributed by atoms with van der Waals surface area (Å²) in [6.45, 7) is 3.07. The van der Waals surface area contributed by atoms with Gasteiger partial charge in [-0.3, -0.25) is 0 Å². The van der Waals surface area contributed by atoms with Crippen LogP contribution in [0, 0.1) is 0 Å². The van der Waals surface area contributed by atoms with Gasteiger partial charge in [-0.25, -0.2) is 0 Å². The van der Waals surface area contributed by atoms with Crippen molar-refractivity contribution in [2.45, 2.75) is 44.7 Å². The van der Waals surface area contributed by atoms with Crippen LogP contribution in [0.2, 0.25) is 0 Å². The van der Waals surface area contributed by atoms with Gasteiger partial charge in [-0.1, -0.05) is 12.1 Å². The Morgan fingerprint density at radius 1 is 0.952 bits per heavy atom. The Morgan fingerprint density at radius 3 is 2.24 bits per heavy atom. The van der Waals surface area contributed by atoms with Gasteiger partial charge in [-0.2, -0.15) is 0 Å². The van der Waals surface area contributed by atoms with E-state index in [0.717, 1.165) is 19.4 Å². The highest BCUT2D eigenvalue weighted by atomic mass is 14.9. The molecule has 2 aromatic rings. The number of nitrogens with one attached hydrogen (secondary N) is 2. The highest BCUT2D eigenvalue weighted by Gasteiger charge is 2.18. The van der Waals surface area contributed by atoms with E-state index in [1.165, 1.54) is 35.0 Å². The Bertz CT molecular complexity index is 600. The molecule has 0 radical (unpaired) electrons. The molecule has 1 aliphatic carbocycles. The smallest absolute Gasteiger partial charge is 0.0348 e. The summed E-state index contributed by atoms with van der Waals surface area (Å²) in [5, 5.41) is 9.59. The fourth-order valence-electron chi connectivity index (χ4n) is 3.15. The number of fused-ring (bicyclic) bond motifs is 1. The molecule has 112 valence electrons. The summed E-state index contributed by atoms with van der Waals surface area (Å²) in [4.78, 5) is 0. The van der Waals surface area contributed by atoms with Crippen molar-refractivity contribution >= 4 is 22.1 Å². The summed E-state index contributed by atoms with van der Waals surface area (Å²) < 4.78 is 0. The molecule has 0 spiro atoms. The van der Waals surface area contributed by atoms with Gasteiger partial charge in [-0.05, 0) is 67.6 Å².